The number of anilines is 1. The Bertz CT molecular complexity index is 1750. The van der Waals surface area contributed by atoms with Gasteiger partial charge in [0.25, 0.3) is 0 Å². The molecule has 0 bridgehead atoms. The monoisotopic (exact) mass is 625 g/mol. The lowest BCUT2D eigenvalue weighted by Gasteiger charge is -2.50. The average molecular weight is 626 g/mol. The highest BCUT2D eigenvalue weighted by Crippen LogP contribution is 2.50. The lowest BCUT2D eigenvalue weighted by atomic mass is 9.81. The molecule has 2 atom stereocenters. The van der Waals surface area contributed by atoms with Crippen molar-refractivity contribution in [1.29, 1.82) is 0 Å². The molecular weight excluding hydrogens is 592 g/mol. The largest absolute Gasteiger partial charge is 0.350 e. The van der Waals surface area contributed by atoms with Crippen LogP contribution in [0.3, 0.4) is 0 Å². The van der Waals surface area contributed by atoms with E-state index in [1.165, 1.54) is 25.0 Å². The van der Waals surface area contributed by atoms with Crippen LogP contribution < -0.4 is 10.6 Å². The Balaban J connectivity index is 1.42. The van der Waals surface area contributed by atoms with E-state index in [9.17, 15) is 14.0 Å². The zero-order chi connectivity index (χ0) is 30.4. The van der Waals surface area contributed by atoms with Gasteiger partial charge in [0.2, 0.25) is 5.91 Å². The van der Waals surface area contributed by atoms with Gasteiger partial charge in [0.05, 0.1) is 10.5 Å². The van der Waals surface area contributed by atoms with Gasteiger partial charge in [-0.2, -0.15) is 4.98 Å². The van der Waals surface area contributed by atoms with Crippen molar-refractivity contribution < 1.29 is 13.6 Å². The standard InChI is InChI=1S/C32H34ClF2N5O2S/c1-5-26(41)38-11-19(4)39(12-18(38)3)30-22-8-17(2)27(21-9-23(33)25(35)10-24(21)34)29-28(22)40(31(42)36-30)15-32(16-43-29)13-37(14-32)20-6-7-20/h5,8-10,18-20H,1,6-7,11-16H2,2-4H3/t18-,19+/m1/s1. The van der Waals surface area contributed by atoms with E-state index in [0.29, 0.717) is 37.1 Å². The lowest BCUT2D eigenvalue weighted by molar-refractivity contribution is -0.128. The third kappa shape index (κ3) is 4.68. The highest BCUT2D eigenvalue weighted by atomic mass is 35.5. The summed E-state index contributed by atoms with van der Waals surface area (Å²) in [5.41, 5.74) is 1.91. The Hall–Kier alpha value is -2.95. The predicted molar refractivity (Wildman–Crippen MR) is 167 cm³/mol. The van der Waals surface area contributed by atoms with Crippen LogP contribution in [0.4, 0.5) is 14.6 Å². The molecule has 1 amide bonds. The number of carbonyl (C=O) groups is 1. The molecule has 3 aliphatic heterocycles. The lowest BCUT2D eigenvalue weighted by Crippen LogP contribution is -2.60. The highest BCUT2D eigenvalue weighted by Gasteiger charge is 2.50. The first-order chi connectivity index (χ1) is 20.5. The van der Waals surface area contributed by atoms with Gasteiger partial charge in [-0.25, -0.2) is 13.6 Å². The van der Waals surface area contributed by atoms with E-state index in [2.05, 4.69) is 16.4 Å². The number of thioether (sulfide) groups is 1. The van der Waals surface area contributed by atoms with Crippen LogP contribution in [0.15, 0.2) is 40.5 Å². The van der Waals surface area contributed by atoms with E-state index in [4.69, 9.17) is 16.6 Å². The summed E-state index contributed by atoms with van der Waals surface area (Å²) in [5, 5.41) is 0.662. The fourth-order valence-electron chi connectivity index (χ4n) is 7.23. The Morgan fingerprint density at radius 1 is 1.12 bits per heavy atom. The van der Waals surface area contributed by atoms with Crippen molar-refractivity contribution in [2.45, 2.75) is 63.2 Å². The second-order valence-electron chi connectivity index (χ2n) is 12.8. The molecular formula is C32H34ClF2N5O2S. The number of aryl methyl sites for hydroxylation is 1. The molecule has 0 unspecified atom stereocenters. The van der Waals surface area contributed by atoms with Gasteiger partial charge in [0, 0.05) is 89.5 Å². The molecule has 0 N–H and O–H groups in total. The second-order valence-corrected chi connectivity index (χ2v) is 14.2. The van der Waals surface area contributed by atoms with Gasteiger partial charge in [0.1, 0.15) is 17.5 Å². The molecule has 0 radical (unpaired) electrons. The molecule has 1 aromatic heterocycles. The minimum absolute atomic E-state index is 0.102. The van der Waals surface area contributed by atoms with E-state index in [0.717, 1.165) is 46.3 Å². The molecule has 1 spiro atoms. The third-order valence-electron chi connectivity index (χ3n) is 9.55. The first-order valence-corrected chi connectivity index (χ1v) is 16.2. The number of nitrogens with zero attached hydrogens (tertiary/aromatic N) is 5. The summed E-state index contributed by atoms with van der Waals surface area (Å²) in [6, 6.07) is 4.56. The van der Waals surface area contributed by atoms with Crippen LogP contribution in [-0.4, -0.2) is 75.3 Å². The summed E-state index contributed by atoms with van der Waals surface area (Å²) in [5.74, 6) is -0.292. The van der Waals surface area contributed by atoms with Crippen molar-refractivity contribution in [3.05, 3.63) is 63.6 Å². The molecule has 4 heterocycles. The van der Waals surface area contributed by atoms with Gasteiger partial charge in [-0.15, -0.1) is 11.8 Å². The SMILES string of the molecule is C=CC(=O)N1C[C@H](C)N(c2nc(=O)n3c4c(c(-c5cc(Cl)c(F)cc5F)c(C)cc24)SCC2(CN(C4CC4)C2)C3)C[C@H]1C. The van der Waals surface area contributed by atoms with Crippen LogP contribution in [0.1, 0.15) is 32.3 Å². The van der Waals surface area contributed by atoms with Gasteiger partial charge < -0.3 is 9.80 Å². The maximum absolute atomic E-state index is 15.4. The summed E-state index contributed by atoms with van der Waals surface area (Å²) in [6.07, 6.45) is 3.78. The smallest absolute Gasteiger partial charge is 0.349 e. The maximum atomic E-state index is 15.4. The fraction of sp³-hybridized carbons (Fsp3) is 0.469. The van der Waals surface area contributed by atoms with E-state index < -0.39 is 11.6 Å². The van der Waals surface area contributed by atoms with Crippen molar-refractivity contribution in [3.63, 3.8) is 0 Å². The zero-order valence-electron chi connectivity index (χ0n) is 24.5. The van der Waals surface area contributed by atoms with Crippen LogP contribution in [0.2, 0.25) is 5.02 Å². The fourth-order valence-corrected chi connectivity index (χ4v) is 8.89. The number of amides is 1. The van der Waals surface area contributed by atoms with Crippen LogP contribution >= 0.6 is 23.4 Å². The topological polar surface area (TPSA) is 61.7 Å². The minimum atomic E-state index is -0.811. The highest BCUT2D eigenvalue weighted by molar-refractivity contribution is 7.99. The van der Waals surface area contributed by atoms with Gasteiger partial charge in [0.15, 0.2) is 0 Å². The predicted octanol–water partition coefficient (Wildman–Crippen LogP) is 5.49. The Kier molecular flexibility index (Phi) is 6.91. The van der Waals surface area contributed by atoms with Crippen molar-refractivity contribution in [2.24, 2.45) is 5.41 Å². The number of hydrogen-bond donors (Lipinski definition) is 0. The Morgan fingerprint density at radius 3 is 2.56 bits per heavy atom. The van der Waals surface area contributed by atoms with Gasteiger partial charge >= 0.3 is 5.69 Å². The summed E-state index contributed by atoms with van der Waals surface area (Å²) in [7, 11) is 0. The molecule has 1 aliphatic carbocycles. The van der Waals surface area contributed by atoms with Crippen molar-refractivity contribution in [1.82, 2.24) is 19.4 Å². The first kappa shape index (κ1) is 28.8. The number of hydrogen-bond acceptors (Lipinski definition) is 6. The zero-order valence-corrected chi connectivity index (χ0v) is 26.1. The number of benzene rings is 2. The molecule has 11 heteroatoms. The molecule has 2 aromatic carbocycles. The average Bonchev–Trinajstić information content (AvgIpc) is 3.80. The second kappa shape index (κ2) is 10.3. The molecule has 7 nitrogen and oxygen atoms in total. The molecule has 1 saturated carbocycles. The van der Waals surface area contributed by atoms with Gasteiger partial charge in [-0.05, 0) is 57.4 Å². The van der Waals surface area contributed by atoms with E-state index >= 15 is 4.39 Å². The van der Waals surface area contributed by atoms with E-state index in [-0.39, 0.29) is 39.7 Å². The summed E-state index contributed by atoms with van der Waals surface area (Å²) < 4.78 is 31.5. The van der Waals surface area contributed by atoms with Gasteiger partial charge in [-0.1, -0.05) is 18.2 Å². The van der Waals surface area contributed by atoms with Crippen molar-refractivity contribution in [2.75, 3.05) is 36.8 Å². The van der Waals surface area contributed by atoms with Crippen molar-refractivity contribution in [3.8, 4) is 11.1 Å². The normalized spacial score (nSPS) is 23.4. The number of piperazine rings is 1. The Labute approximate surface area is 258 Å². The van der Waals surface area contributed by atoms with Crippen LogP contribution in [0.5, 0.6) is 0 Å². The van der Waals surface area contributed by atoms with Gasteiger partial charge in [-0.3, -0.25) is 14.3 Å². The molecule has 7 rings (SSSR count). The quantitative estimate of drug-likeness (QED) is 0.283. The number of likely N-dealkylation sites (tertiary alicyclic amines) is 1. The van der Waals surface area contributed by atoms with E-state index in [1.807, 2.05) is 26.8 Å². The Morgan fingerprint density at radius 2 is 1.86 bits per heavy atom. The number of rotatable bonds is 4. The molecule has 226 valence electrons. The number of carbonyl (C=O) groups excluding carboxylic acids is 1. The minimum Gasteiger partial charge on any atom is -0.349 e. The number of aromatic nitrogens is 2. The maximum Gasteiger partial charge on any atom is 0.350 e. The summed E-state index contributed by atoms with van der Waals surface area (Å²) in [4.78, 5) is 38.4. The summed E-state index contributed by atoms with van der Waals surface area (Å²) in [6.45, 7) is 12.9. The van der Waals surface area contributed by atoms with Crippen molar-refractivity contribution >= 4 is 46.0 Å². The summed E-state index contributed by atoms with van der Waals surface area (Å²) >= 11 is 7.82. The molecule has 3 aromatic rings. The first-order valence-electron chi connectivity index (χ1n) is 14.8. The third-order valence-corrected chi connectivity index (χ3v) is 11.3. The molecule has 3 fully saturated rings. The molecule has 43 heavy (non-hydrogen) atoms. The van der Waals surface area contributed by atoms with Crippen LogP contribution in [0, 0.1) is 24.0 Å². The number of halogens is 3. The van der Waals surface area contributed by atoms with Crippen LogP contribution in [0.25, 0.3) is 22.0 Å². The molecule has 2 saturated heterocycles. The van der Waals surface area contributed by atoms with Crippen LogP contribution in [-0.2, 0) is 11.3 Å². The molecule has 4 aliphatic rings. The van der Waals surface area contributed by atoms with E-state index in [1.54, 1.807) is 21.2 Å².